The highest BCUT2D eigenvalue weighted by atomic mass is 16.6. The van der Waals surface area contributed by atoms with E-state index in [1.54, 1.807) is 24.1 Å². The number of ether oxygens (including phenoxy) is 1. The van der Waals surface area contributed by atoms with Gasteiger partial charge in [0.15, 0.2) is 0 Å². The Hall–Kier alpha value is -6.02. The Morgan fingerprint density at radius 3 is 2.47 bits per heavy atom. The fraction of sp³-hybridized carbons (Fsp3) is 0.348. The highest BCUT2D eigenvalue weighted by Crippen LogP contribution is 2.30. The van der Waals surface area contributed by atoms with E-state index in [0.29, 0.717) is 73.0 Å². The van der Waals surface area contributed by atoms with Crippen LogP contribution in [0.1, 0.15) is 56.3 Å². The predicted molar refractivity (Wildman–Crippen MR) is 230 cm³/mol. The van der Waals surface area contributed by atoms with Crippen LogP contribution in [0.3, 0.4) is 0 Å². The highest BCUT2D eigenvalue weighted by Gasteiger charge is 2.24. The Morgan fingerprint density at radius 1 is 0.915 bits per heavy atom. The number of aromatic amines is 1. The molecule has 6 N–H and O–H groups in total. The number of hydrogen-bond donors (Lipinski definition) is 6. The van der Waals surface area contributed by atoms with Crippen LogP contribution >= 0.6 is 0 Å². The third-order valence-electron chi connectivity index (χ3n) is 10.7. The van der Waals surface area contributed by atoms with Crippen molar-refractivity contribution in [3.8, 4) is 16.9 Å². The minimum absolute atomic E-state index is 0.000676. The van der Waals surface area contributed by atoms with E-state index in [-0.39, 0.29) is 48.2 Å². The zero-order chi connectivity index (χ0) is 41.7. The number of fused-ring (bicyclic) bond motifs is 1. The molecule has 0 radical (unpaired) electrons. The summed E-state index contributed by atoms with van der Waals surface area (Å²) in [7, 11) is 1.77. The molecule has 1 fully saturated rings. The molecule has 0 bridgehead atoms. The van der Waals surface area contributed by atoms with Gasteiger partial charge in [-0.2, -0.15) is 0 Å². The first-order valence-corrected chi connectivity index (χ1v) is 20.3. The largest absolute Gasteiger partial charge is 0.506 e. The Morgan fingerprint density at radius 2 is 1.68 bits per heavy atom. The summed E-state index contributed by atoms with van der Waals surface area (Å²) in [5.74, 6) is -0.159. The number of phenols is 1. The lowest BCUT2D eigenvalue weighted by Crippen LogP contribution is -2.40. The molecule has 5 aromatic rings. The number of rotatable bonds is 17. The van der Waals surface area contributed by atoms with Gasteiger partial charge in [0.05, 0.1) is 17.3 Å². The Kier molecular flexibility index (Phi) is 14.9. The van der Waals surface area contributed by atoms with Crippen LogP contribution in [0, 0.1) is 0 Å². The summed E-state index contributed by atoms with van der Waals surface area (Å²) in [4.78, 5) is 56.7. The number of nitrogens with zero attached hydrogens (tertiary/aromatic N) is 2. The molecule has 1 aliphatic heterocycles. The highest BCUT2D eigenvalue weighted by molar-refractivity contribution is 5.92. The monoisotopic (exact) mass is 802 g/mol. The molecule has 6 rings (SSSR count). The SMILES string of the molecule is CC(Cc1cccc(NC(=O)CCCN(C)C(=O)CCN2CCC(OC(=O)Nc3ccccc3-c3ccccc3)CC2)c1)NC[C@H](O)c1ccc(O)c2[nH]c(=O)ccc12. The van der Waals surface area contributed by atoms with Crippen molar-refractivity contribution >= 4 is 40.2 Å². The van der Waals surface area contributed by atoms with Crippen molar-refractivity contribution in [2.24, 2.45) is 0 Å². The Labute approximate surface area is 344 Å². The lowest BCUT2D eigenvalue weighted by atomic mass is 10.0. The van der Waals surface area contributed by atoms with E-state index < -0.39 is 12.2 Å². The van der Waals surface area contributed by atoms with Crippen molar-refractivity contribution in [3.05, 3.63) is 125 Å². The molecule has 13 nitrogen and oxygen atoms in total. The van der Waals surface area contributed by atoms with Crippen LogP contribution in [0.2, 0.25) is 0 Å². The second-order valence-corrected chi connectivity index (χ2v) is 15.2. The number of pyridine rings is 1. The zero-order valence-corrected chi connectivity index (χ0v) is 33.7. The molecule has 310 valence electrons. The van der Waals surface area contributed by atoms with E-state index in [0.717, 1.165) is 29.8 Å². The van der Waals surface area contributed by atoms with Crippen molar-refractivity contribution in [2.45, 2.75) is 63.7 Å². The minimum atomic E-state index is -0.867. The quantitative estimate of drug-likeness (QED) is 0.0619. The molecule has 0 saturated carbocycles. The first kappa shape index (κ1) is 42.6. The van der Waals surface area contributed by atoms with Gasteiger partial charge in [0.1, 0.15) is 11.9 Å². The number of benzene rings is 4. The normalized spacial score (nSPS) is 14.4. The number of para-hydroxylation sites is 1. The predicted octanol–water partition coefficient (Wildman–Crippen LogP) is 6.44. The molecule has 0 spiro atoms. The summed E-state index contributed by atoms with van der Waals surface area (Å²) < 4.78 is 5.76. The number of carbonyl (C=O) groups is 3. The first-order chi connectivity index (χ1) is 28.5. The molecule has 2 heterocycles. The van der Waals surface area contributed by atoms with E-state index >= 15 is 0 Å². The van der Waals surface area contributed by atoms with Gasteiger partial charge in [0, 0.05) is 81.4 Å². The Bertz CT molecular complexity index is 2260. The molecule has 1 aromatic heterocycles. The van der Waals surface area contributed by atoms with Gasteiger partial charge >= 0.3 is 6.09 Å². The van der Waals surface area contributed by atoms with E-state index in [1.165, 1.54) is 12.1 Å². The van der Waals surface area contributed by atoms with Crippen LogP contribution in [-0.2, 0) is 20.7 Å². The van der Waals surface area contributed by atoms with Gasteiger partial charge < -0.3 is 40.4 Å². The number of anilines is 2. The van der Waals surface area contributed by atoms with Crippen LogP contribution in [0.25, 0.3) is 22.0 Å². The third-order valence-corrected chi connectivity index (χ3v) is 10.7. The summed E-state index contributed by atoms with van der Waals surface area (Å²) in [6.07, 6.45) is 1.70. The molecule has 13 heteroatoms. The Balaban J connectivity index is 0.848. The number of aromatic nitrogens is 1. The van der Waals surface area contributed by atoms with E-state index in [4.69, 9.17) is 4.74 Å². The van der Waals surface area contributed by atoms with Gasteiger partial charge in [-0.1, -0.05) is 66.7 Å². The number of aromatic hydroxyl groups is 1. The molecule has 2 atom stereocenters. The number of aliphatic hydroxyl groups excluding tert-OH is 1. The molecule has 1 unspecified atom stereocenters. The van der Waals surface area contributed by atoms with Crippen molar-refractivity contribution in [1.29, 1.82) is 0 Å². The van der Waals surface area contributed by atoms with Crippen LogP contribution in [0.5, 0.6) is 5.75 Å². The topological polar surface area (TPSA) is 176 Å². The number of likely N-dealkylation sites (tertiary alicyclic amines) is 1. The van der Waals surface area contributed by atoms with Crippen molar-refractivity contribution in [2.75, 3.05) is 50.4 Å². The number of aliphatic hydroxyl groups is 1. The van der Waals surface area contributed by atoms with Crippen molar-refractivity contribution < 1.29 is 29.3 Å². The van der Waals surface area contributed by atoms with Gasteiger partial charge in [-0.3, -0.25) is 19.7 Å². The number of phenolic OH excluding ortho intramolecular Hbond substituents is 1. The molecule has 0 aliphatic carbocycles. The maximum absolute atomic E-state index is 12.9. The standard InChI is InChI=1S/C46H54N6O7/c1-31(47-30-41(54)37-17-19-40(53)45-38(37)18-20-43(56)50-45)28-32-10-8-13-34(29-32)48-42(55)16-9-24-51(2)44(57)23-27-52-25-21-35(22-26-52)59-46(58)49-39-15-7-6-14-36(39)33-11-4-3-5-12-33/h3-8,10-15,17-20,29,31,35,41,47,53-54H,9,16,21-28,30H2,1-2H3,(H,48,55)(H,49,58)(H,50,56)/t31?,41-/m0/s1. The molecular formula is C46H54N6O7. The lowest BCUT2D eigenvalue weighted by molar-refractivity contribution is -0.130. The average Bonchev–Trinajstić information content (AvgIpc) is 3.23. The van der Waals surface area contributed by atoms with E-state index in [2.05, 4.69) is 25.8 Å². The van der Waals surface area contributed by atoms with E-state index in [9.17, 15) is 29.4 Å². The maximum atomic E-state index is 12.9. The van der Waals surface area contributed by atoms with Crippen LogP contribution in [0.4, 0.5) is 16.2 Å². The number of amides is 3. The number of hydrogen-bond acceptors (Lipinski definition) is 9. The maximum Gasteiger partial charge on any atom is 0.411 e. The summed E-state index contributed by atoms with van der Waals surface area (Å²) >= 11 is 0. The number of H-pyrrole nitrogens is 1. The molecular weight excluding hydrogens is 749 g/mol. The van der Waals surface area contributed by atoms with Gasteiger partial charge in [0.25, 0.3) is 0 Å². The number of piperidine rings is 1. The van der Waals surface area contributed by atoms with Crippen molar-refractivity contribution in [1.82, 2.24) is 20.1 Å². The fourth-order valence-electron chi connectivity index (χ4n) is 7.45. The average molecular weight is 803 g/mol. The molecule has 1 saturated heterocycles. The summed E-state index contributed by atoms with van der Waals surface area (Å²) in [5.41, 5.74) is 4.89. The third kappa shape index (κ3) is 12.2. The number of nitrogens with one attached hydrogen (secondary N) is 4. The molecule has 1 aliphatic rings. The van der Waals surface area contributed by atoms with Crippen LogP contribution in [-0.4, -0.2) is 94.8 Å². The van der Waals surface area contributed by atoms with Gasteiger partial charge in [-0.05, 0) is 79.6 Å². The summed E-state index contributed by atoms with van der Waals surface area (Å²) in [5, 5.41) is 30.9. The van der Waals surface area contributed by atoms with Crippen molar-refractivity contribution in [3.63, 3.8) is 0 Å². The lowest BCUT2D eigenvalue weighted by Gasteiger charge is -2.31. The second kappa shape index (κ2) is 20.6. The van der Waals surface area contributed by atoms with E-state index in [1.807, 2.05) is 85.8 Å². The molecule has 59 heavy (non-hydrogen) atoms. The smallest absolute Gasteiger partial charge is 0.411 e. The minimum Gasteiger partial charge on any atom is -0.506 e. The van der Waals surface area contributed by atoms with Crippen LogP contribution in [0.15, 0.2) is 108 Å². The van der Waals surface area contributed by atoms with Gasteiger partial charge in [-0.25, -0.2) is 4.79 Å². The first-order valence-electron chi connectivity index (χ1n) is 20.3. The van der Waals surface area contributed by atoms with Gasteiger partial charge in [0.2, 0.25) is 17.4 Å². The molecule has 3 amide bonds. The fourth-order valence-corrected chi connectivity index (χ4v) is 7.45. The molecule has 4 aromatic carbocycles. The zero-order valence-electron chi connectivity index (χ0n) is 33.7. The van der Waals surface area contributed by atoms with Crippen LogP contribution < -0.4 is 21.5 Å². The number of carbonyl (C=O) groups excluding carboxylic acids is 3. The summed E-state index contributed by atoms with van der Waals surface area (Å²) in [6, 6.07) is 31.3. The summed E-state index contributed by atoms with van der Waals surface area (Å²) in [6.45, 7) is 4.83. The second-order valence-electron chi connectivity index (χ2n) is 15.2. The van der Waals surface area contributed by atoms with Gasteiger partial charge in [-0.15, -0.1) is 0 Å².